The van der Waals surface area contributed by atoms with Crippen LogP contribution in [0.1, 0.15) is 44.9 Å². The van der Waals surface area contributed by atoms with Crippen molar-refractivity contribution >= 4 is 44.9 Å². The molecule has 0 unspecified atom stereocenters. The summed E-state index contributed by atoms with van der Waals surface area (Å²) >= 11 is 1.31. The fraction of sp³-hybridized carbons (Fsp3) is 0.229. The molecule has 0 N–H and O–H groups in total. The van der Waals surface area contributed by atoms with Gasteiger partial charge in [-0.3, -0.25) is 9.36 Å². The molecule has 0 bridgehead atoms. The van der Waals surface area contributed by atoms with Crippen LogP contribution in [0.4, 0.5) is 0 Å². The molecule has 6 rings (SSSR count). The predicted molar refractivity (Wildman–Crippen MR) is 171 cm³/mol. The summed E-state index contributed by atoms with van der Waals surface area (Å²) in [6.45, 7) is 7.62. The first-order valence-corrected chi connectivity index (χ1v) is 15.1. The summed E-state index contributed by atoms with van der Waals surface area (Å²) in [5.74, 6) is 0.577. The highest BCUT2D eigenvalue weighted by Gasteiger charge is 2.34. The van der Waals surface area contributed by atoms with Crippen LogP contribution in [0.15, 0.2) is 93.9 Å². The lowest BCUT2D eigenvalue weighted by molar-refractivity contribution is -0.139. The number of aromatic nitrogens is 1. The first kappa shape index (κ1) is 28.4. The number of carbonyl (C=O) groups excluding carboxylic acids is 1. The van der Waals surface area contributed by atoms with Gasteiger partial charge in [0.2, 0.25) is 0 Å². The van der Waals surface area contributed by atoms with Gasteiger partial charge in [0, 0.05) is 0 Å². The summed E-state index contributed by atoms with van der Waals surface area (Å²) in [4.78, 5) is 32.9. The summed E-state index contributed by atoms with van der Waals surface area (Å²) < 4.78 is 19.2. The van der Waals surface area contributed by atoms with Crippen LogP contribution in [0.3, 0.4) is 0 Å². The van der Waals surface area contributed by atoms with Crippen LogP contribution in [-0.2, 0) is 9.53 Å². The van der Waals surface area contributed by atoms with Crippen LogP contribution in [0.2, 0.25) is 0 Å². The summed E-state index contributed by atoms with van der Waals surface area (Å²) in [6, 6.07) is 23.2. The molecule has 8 heteroatoms. The molecule has 1 atom stereocenters. The van der Waals surface area contributed by atoms with Crippen LogP contribution >= 0.6 is 11.3 Å². The van der Waals surface area contributed by atoms with E-state index >= 15 is 0 Å². The van der Waals surface area contributed by atoms with Gasteiger partial charge in [0.1, 0.15) is 0 Å². The molecule has 0 saturated carbocycles. The molecule has 0 radical (unpaired) electrons. The van der Waals surface area contributed by atoms with E-state index < -0.39 is 12.0 Å². The molecule has 0 saturated heterocycles. The highest BCUT2D eigenvalue weighted by molar-refractivity contribution is 7.07. The second-order valence-corrected chi connectivity index (χ2v) is 11.6. The Kier molecular flexibility index (Phi) is 7.62. The normalized spacial score (nSPS) is 15.1. The minimum absolute atomic E-state index is 0.0557. The monoisotopic (exact) mass is 592 g/mol. The van der Waals surface area contributed by atoms with E-state index in [1.165, 1.54) is 11.3 Å². The molecule has 0 fully saturated rings. The Morgan fingerprint density at radius 1 is 1.00 bits per heavy atom. The van der Waals surface area contributed by atoms with E-state index in [2.05, 4.69) is 30.3 Å². The molecule has 2 heterocycles. The number of allylic oxidation sites excluding steroid dienone is 1. The Balaban J connectivity index is 1.61. The highest BCUT2D eigenvalue weighted by atomic mass is 32.1. The van der Waals surface area contributed by atoms with Gasteiger partial charge in [-0.2, -0.15) is 0 Å². The Labute approximate surface area is 253 Å². The van der Waals surface area contributed by atoms with Crippen molar-refractivity contribution in [2.24, 2.45) is 4.99 Å². The molecule has 1 aliphatic rings. The summed E-state index contributed by atoms with van der Waals surface area (Å²) in [5.41, 5.74) is 2.24. The summed E-state index contributed by atoms with van der Waals surface area (Å²) in [5, 5.41) is 4.29. The second-order valence-electron chi connectivity index (χ2n) is 10.6. The van der Waals surface area contributed by atoms with Gasteiger partial charge in [0.05, 0.1) is 41.7 Å². The number of hydrogen-bond acceptors (Lipinski definition) is 7. The number of fused-ring (bicyclic) bond motifs is 3. The Hall–Kier alpha value is -4.69. The highest BCUT2D eigenvalue weighted by Crippen LogP contribution is 2.37. The molecule has 7 nitrogen and oxygen atoms in total. The van der Waals surface area contributed by atoms with Crippen molar-refractivity contribution in [2.75, 3.05) is 13.7 Å². The van der Waals surface area contributed by atoms with E-state index in [4.69, 9.17) is 19.2 Å². The van der Waals surface area contributed by atoms with Gasteiger partial charge in [-0.1, -0.05) is 65.9 Å². The van der Waals surface area contributed by atoms with Gasteiger partial charge in [-0.25, -0.2) is 9.79 Å². The lowest BCUT2D eigenvalue weighted by Crippen LogP contribution is -2.40. The summed E-state index contributed by atoms with van der Waals surface area (Å²) in [6.07, 6.45) is 1.90. The number of thiazole rings is 1. The third-order valence-corrected chi connectivity index (χ3v) is 8.45. The molecule has 4 aromatic carbocycles. The number of carbonyl (C=O) groups is 1. The number of benzene rings is 4. The average molecular weight is 593 g/mol. The number of methoxy groups -OCH3 is 1. The number of hydrogen-bond donors (Lipinski definition) is 0. The van der Waals surface area contributed by atoms with E-state index in [9.17, 15) is 9.59 Å². The van der Waals surface area contributed by atoms with Crippen LogP contribution < -0.4 is 24.4 Å². The fourth-order valence-corrected chi connectivity index (χ4v) is 6.68. The van der Waals surface area contributed by atoms with Gasteiger partial charge in [-0.05, 0) is 84.6 Å². The fourth-order valence-electron chi connectivity index (χ4n) is 5.65. The number of nitrogens with zero attached hydrogens (tertiary/aromatic N) is 2. The molecule has 43 heavy (non-hydrogen) atoms. The third kappa shape index (κ3) is 5.12. The van der Waals surface area contributed by atoms with Crippen molar-refractivity contribution < 1.29 is 19.0 Å². The van der Waals surface area contributed by atoms with Crippen LogP contribution in [0.25, 0.3) is 27.6 Å². The minimum Gasteiger partial charge on any atom is -0.493 e. The standard InChI is InChI=1S/C35H32N2O5S/c1-6-41-34(39)31-21(4)36-35-37(32(31)24-15-16-28(42-20(2)3)29(18-24)40-5)33(38)30(43-35)19-27-25-13-9-7-11-22(25)17-23-12-8-10-14-26(23)27/h7-20,32H,6H2,1-5H3/b30-19-/t32-/m0/s1. The van der Waals surface area contributed by atoms with Crippen molar-refractivity contribution in [1.29, 1.82) is 0 Å². The molecule has 5 aromatic rings. The number of rotatable bonds is 7. The maximum absolute atomic E-state index is 14.3. The van der Waals surface area contributed by atoms with E-state index in [1.807, 2.05) is 62.4 Å². The minimum atomic E-state index is -0.760. The van der Waals surface area contributed by atoms with Crippen molar-refractivity contribution in [3.8, 4) is 11.5 Å². The first-order valence-electron chi connectivity index (χ1n) is 14.3. The van der Waals surface area contributed by atoms with E-state index in [1.54, 1.807) is 25.5 Å². The van der Waals surface area contributed by atoms with Crippen molar-refractivity contribution in [3.05, 3.63) is 115 Å². The predicted octanol–water partition coefficient (Wildman–Crippen LogP) is 5.90. The third-order valence-electron chi connectivity index (χ3n) is 7.47. The molecule has 0 amide bonds. The maximum Gasteiger partial charge on any atom is 0.338 e. The topological polar surface area (TPSA) is 79.1 Å². The van der Waals surface area contributed by atoms with Crippen LogP contribution in [0, 0.1) is 0 Å². The Morgan fingerprint density at radius 2 is 1.67 bits per heavy atom. The van der Waals surface area contributed by atoms with Crippen molar-refractivity contribution in [1.82, 2.24) is 4.57 Å². The van der Waals surface area contributed by atoms with Crippen LogP contribution in [0.5, 0.6) is 11.5 Å². The zero-order valence-corrected chi connectivity index (χ0v) is 25.5. The quantitative estimate of drug-likeness (QED) is 0.174. The summed E-state index contributed by atoms with van der Waals surface area (Å²) in [7, 11) is 1.57. The molecule has 1 aromatic heterocycles. The van der Waals surface area contributed by atoms with Gasteiger partial charge in [0.15, 0.2) is 16.3 Å². The van der Waals surface area contributed by atoms with E-state index in [0.29, 0.717) is 37.7 Å². The largest absolute Gasteiger partial charge is 0.493 e. The smallest absolute Gasteiger partial charge is 0.338 e. The van der Waals surface area contributed by atoms with E-state index in [-0.39, 0.29) is 18.3 Å². The van der Waals surface area contributed by atoms with E-state index in [0.717, 1.165) is 27.1 Å². The lowest BCUT2D eigenvalue weighted by atomic mass is 9.95. The second kappa shape index (κ2) is 11.5. The molecular formula is C35H32N2O5S. The van der Waals surface area contributed by atoms with Gasteiger partial charge >= 0.3 is 5.97 Å². The SMILES string of the molecule is CCOC(=O)C1=C(C)N=c2s/c(=C\c3c4ccccc4cc4ccccc34)c(=O)n2[C@H]1c1ccc(OC(C)C)c(OC)c1. The Bertz CT molecular complexity index is 2050. The van der Waals surface area contributed by atoms with Crippen molar-refractivity contribution in [2.45, 2.75) is 39.8 Å². The molecule has 0 aliphatic carbocycles. The first-order chi connectivity index (χ1) is 20.8. The molecule has 0 spiro atoms. The Morgan fingerprint density at radius 3 is 2.30 bits per heavy atom. The average Bonchev–Trinajstić information content (AvgIpc) is 3.30. The molecule has 1 aliphatic heterocycles. The van der Waals surface area contributed by atoms with Gasteiger partial charge < -0.3 is 14.2 Å². The zero-order valence-electron chi connectivity index (χ0n) is 24.7. The van der Waals surface area contributed by atoms with Gasteiger partial charge in [-0.15, -0.1) is 0 Å². The lowest BCUT2D eigenvalue weighted by Gasteiger charge is -2.25. The number of ether oxygens (including phenoxy) is 3. The van der Waals surface area contributed by atoms with Crippen LogP contribution in [-0.4, -0.2) is 30.4 Å². The van der Waals surface area contributed by atoms with Crippen molar-refractivity contribution in [3.63, 3.8) is 0 Å². The maximum atomic E-state index is 14.3. The van der Waals surface area contributed by atoms with Gasteiger partial charge in [0.25, 0.3) is 5.56 Å². The number of esters is 1. The molecule has 218 valence electrons. The molecular weight excluding hydrogens is 560 g/mol. The zero-order chi connectivity index (χ0) is 30.2.